The van der Waals surface area contributed by atoms with Gasteiger partial charge in [-0.25, -0.2) is 5.48 Å². The first kappa shape index (κ1) is 47.2. The molecule has 2 aliphatic heterocycles. The van der Waals surface area contributed by atoms with E-state index in [4.69, 9.17) is 30.4 Å². The Morgan fingerprint density at radius 3 is 1.68 bits per heavy atom. The van der Waals surface area contributed by atoms with E-state index >= 15 is 0 Å². The molecule has 0 saturated carbocycles. The van der Waals surface area contributed by atoms with Crippen LogP contribution >= 0.6 is 0 Å². The van der Waals surface area contributed by atoms with E-state index < -0.39 is 98.1 Å². The number of benzene rings is 1. The van der Waals surface area contributed by atoms with E-state index in [2.05, 4.69) is 21.3 Å². The molecule has 0 spiro atoms. The van der Waals surface area contributed by atoms with Crippen molar-refractivity contribution in [2.24, 2.45) is 5.92 Å². The fourth-order valence-electron chi connectivity index (χ4n) is 5.63. The third kappa shape index (κ3) is 20.5. The number of hydrogen-bond acceptors (Lipinski definition) is 14. The number of nitrogens with one attached hydrogen (secondary N) is 5. The monoisotopic (exact) mass is 810 g/mol. The Hall–Kier alpha value is -5.91. The molecule has 10 N–H and O–H groups in total. The lowest BCUT2D eigenvalue weighted by Crippen LogP contribution is -2.51. The number of hydroxylamine groups is 1. The molecule has 316 valence electrons. The minimum atomic E-state index is -1.29. The highest BCUT2D eigenvalue weighted by molar-refractivity contribution is 5.92. The summed E-state index contributed by atoms with van der Waals surface area (Å²) in [5.74, 6) is -8.78. The number of amides is 5. The molecule has 23 heteroatoms. The van der Waals surface area contributed by atoms with Crippen LogP contribution in [0.4, 0.5) is 0 Å². The van der Waals surface area contributed by atoms with Gasteiger partial charge in [-0.05, 0) is 30.5 Å². The lowest BCUT2D eigenvalue weighted by Gasteiger charge is -2.28. The molecule has 2 atom stereocenters. The Labute approximate surface area is 326 Å². The van der Waals surface area contributed by atoms with E-state index in [9.17, 15) is 43.2 Å². The van der Waals surface area contributed by atoms with Gasteiger partial charge in [-0.15, -0.1) is 0 Å². The first-order chi connectivity index (χ1) is 27.0. The van der Waals surface area contributed by atoms with Gasteiger partial charge in [0.1, 0.15) is 11.8 Å². The minimum Gasteiger partial charge on any atom is -0.494 e. The number of carboxylic acids is 4. The van der Waals surface area contributed by atoms with Crippen LogP contribution in [0.25, 0.3) is 0 Å². The van der Waals surface area contributed by atoms with Crippen molar-refractivity contribution in [2.45, 2.75) is 31.7 Å². The van der Waals surface area contributed by atoms with Gasteiger partial charge in [0.05, 0.1) is 45.9 Å². The molecule has 3 rings (SSSR count). The molecular formula is C34H50N8O15. The minimum absolute atomic E-state index is 0.0354. The first-order valence-corrected chi connectivity index (χ1v) is 17.8. The second kappa shape index (κ2) is 25.3. The van der Waals surface area contributed by atoms with Crippen molar-refractivity contribution in [3.05, 3.63) is 29.8 Å². The van der Waals surface area contributed by atoms with Crippen molar-refractivity contribution in [1.82, 2.24) is 41.4 Å². The van der Waals surface area contributed by atoms with Crippen molar-refractivity contribution in [3.8, 4) is 5.75 Å². The predicted octanol–water partition coefficient (Wildman–Crippen LogP) is -4.01. The van der Waals surface area contributed by atoms with Crippen LogP contribution in [0.2, 0.25) is 0 Å². The Morgan fingerprint density at radius 2 is 1.18 bits per heavy atom. The van der Waals surface area contributed by atoms with E-state index in [1.807, 2.05) is 0 Å². The quantitative estimate of drug-likeness (QED) is 0.0286. The standard InChI is InChI=1S/C34H50N8O15/c43-26-15-23(33(54)39-56)2-1-13-57-24-5-3-22(4-6-24)14-25(38-26)34(55)37-16-27(44)35-7-8-36-28(45)17-40(9-11-41(18-29(46)47)19-30(48)49)10-12-42(20-31(50)51)21-32(52)53/h3-6,23,25,56H,1-2,7-21H2,(H,35,44)(H,36,45)(H,37,55)(H,38,43)(H,39,54)(H,46,47)(H,48,49)(H,50,51)(H,52,53)/t23-,25-/m0/s1. The Bertz CT molecular complexity index is 1490. The molecule has 2 aliphatic rings. The van der Waals surface area contributed by atoms with Gasteiger partial charge in [-0.3, -0.25) is 63.1 Å². The summed E-state index contributed by atoms with van der Waals surface area (Å²) in [5, 5.41) is 55.8. The van der Waals surface area contributed by atoms with Crippen LogP contribution in [-0.2, 0) is 49.6 Å². The maximum Gasteiger partial charge on any atom is 0.317 e. The van der Waals surface area contributed by atoms with Gasteiger partial charge < -0.3 is 46.4 Å². The van der Waals surface area contributed by atoms with Gasteiger partial charge in [0.25, 0.3) is 0 Å². The number of fused-ring (bicyclic) bond motifs is 11. The zero-order valence-corrected chi connectivity index (χ0v) is 31.1. The van der Waals surface area contributed by atoms with Crippen molar-refractivity contribution in [1.29, 1.82) is 0 Å². The topological polar surface area (TPSA) is 334 Å². The number of nitrogens with zero attached hydrogens (tertiary/aromatic N) is 3. The molecule has 1 aromatic rings. The van der Waals surface area contributed by atoms with Gasteiger partial charge in [-0.1, -0.05) is 12.1 Å². The average molecular weight is 811 g/mol. The summed E-state index contributed by atoms with van der Waals surface area (Å²) in [6.45, 7) is -3.47. The molecule has 0 saturated heterocycles. The SMILES string of the molecule is O=C(O)CN(CCN(CCN(CC(=O)O)CC(=O)O)CC(=O)NCCNC(=O)CNC(=O)[C@@H]1Cc2ccc(cc2)OCCC[C@H](C(=O)NO)CC(=O)N1)CC(=O)O. The van der Waals surface area contributed by atoms with Crippen LogP contribution in [0.5, 0.6) is 5.75 Å². The van der Waals surface area contributed by atoms with Crippen LogP contribution in [0.15, 0.2) is 24.3 Å². The van der Waals surface area contributed by atoms with Gasteiger partial charge in [0, 0.05) is 58.0 Å². The zero-order valence-electron chi connectivity index (χ0n) is 31.1. The summed E-state index contributed by atoms with van der Waals surface area (Å²) in [7, 11) is 0. The molecule has 0 aromatic heterocycles. The Kier molecular flexibility index (Phi) is 21.0. The molecule has 0 radical (unpaired) electrons. The maximum absolute atomic E-state index is 13.2. The second-order valence-electron chi connectivity index (χ2n) is 13.0. The van der Waals surface area contributed by atoms with Crippen molar-refractivity contribution < 1.29 is 73.5 Å². The molecule has 5 amide bonds. The molecular weight excluding hydrogens is 760 g/mol. The zero-order chi connectivity index (χ0) is 42.3. The molecule has 57 heavy (non-hydrogen) atoms. The number of carbonyl (C=O) groups excluding carboxylic acids is 5. The van der Waals surface area contributed by atoms with Crippen LogP contribution in [0, 0.1) is 5.92 Å². The highest BCUT2D eigenvalue weighted by Gasteiger charge is 2.27. The van der Waals surface area contributed by atoms with E-state index in [0.29, 0.717) is 17.7 Å². The summed E-state index contributed by atoms with van der Waals surface area (Å²) in [6.07, 6.45) is 0.343. The largest absolute Gasteiger partial charge is 0.494 e. The second-order valence-corrected chi connectivity index (χ2v) is 13.0. The predicted molar refractivity (Wildman–Crippen MR) is 194 cm³/mol. The van der Waals surface area contributed by atoms with Crippen LogP contribution in [0.1, 0.15) is 24.8 Å². The fourth-order valence-corrected chi connectivity index (χ4v) is 5.63. The Morgan fingerprint density at radius 1 is 0.667 bits per heavy atom. The number of carbonyl (C=O) groups is 9. The number of hydrogen-bond donors (Lipinski definition) is 10. The summed E-state index contributed by atoms with van der Waals surface area (Å²) < 4.78 is 5.67. The summed E-state index contributed by atoms with van der Waals surface area (Å²) in [4.78, 5) is 112. The molecule has 1 aromatic carbocycles. The van der Waals surface area contributed by atoms with E-state index in [-0.39, 0.29) is 71.7 Å². The molecule has 2 bridgehead atoms. The van der Waals surface area contributed by atoms with Crippen molar-refractivity contribution in [3.63, 3.8) is 0 Å². The van der Waals surface area contributed by atoms with Crippen molar-refractivity contribution in [2.75, 3.05) is 85.1 Å². The lowest BCUT2D eigenvalue weighted by molar-refractivity contribution is -0.143. The first-order valence-electron chi connectivity index (χ1n) is 17.8. The molecule has 0 unspecified atom stereocenters. The third-order valence-electron chi connectivity index (χ3n) is 8.35. The third-order valence-corrected chi connectivity index (χ3v) is 8.35. The molecule has 23 nitrogen and oxygen atoms in total. The van der Waals surface area contributed by atoms with Crippen LogP contribution < -0.4 is 31.5 Å². The van der Waals surface area contributed by atoms with E-state index in [1.54, 1.807) is 29.7 Å². The number of rotatable bonds is 23. The number of carboxylic acid groups (broad SMARTS) is 4. The number of ether oxygens (including phenoxy) is 1. The van der Waals surface area contributed by atoms with Crippen molar-refractivity contribution >= 4 is 53.4 Å². The van der Waals surface area contributed by atoms with Gasteiger partial charge >= 0.3 is 23.9 Å². The molecule has 0 aliphatic carbocycles. The highest BCUT2D eigenvalue weighted by atomic mass is 16.5. The number of aliphatic carboxylic acids is 4. The normalized spacial score (nSPS) is 15.8. The van der Waals surface area contributed by atoms with E-state index in [1.165, 1.54) is 4.90 Å². The average Bonchev–Trinajstić information content (AvgIpc) is 3.13. The van der Waals surface area contributed by atoms with Gasteiger partial charge in [0.15, 0.2) is 0 Å². The molecule has 0 fully saturated rings. The fraction of sp³-hybridized carbons (Fsp3) is 0.559. The highest BCUT2D eigenvalue weighted by Crippen LogP contribution is 2.18. The summed E-state index contributed by atoms with van der Waals surface area (Å²) in [6, 6.07) is 5.68. The smallest absolute Gasteiger partial charge is 0.317 e. The summed E-state index contributed by atoms with van der Waals surface area (Å²) in [5.41, 5.74) is 2.21. The van der Waals surface area contributed by atoms with E-state index in [0.717, 1.165) is 9.80 Å². The van der Waals surface area contributed by atoms with Crippen LogP contribution in [-0.4, -0.2) is 185 Å². The molecule has 2 heterocycles. The van der Waals surface area contributed by atoms with Gasteiger partial charge in [0.2, 0.25) is 29.5 Å². The maximum atomic E-state index is 13.2. The lowest BCUT2D eigenvalue weighted by atomic mass is 9.97. The summed E-state index contributed by atoms with van der Waals surface area (Å²) >= 11 is 0. The Balaban J connectivity index is 1.95. The van der Waals surface area contributed by atoms with Crippen LogP contribution in [0.3, 0.4) is 0 Å². The van der Waals surface area contributed by atoms with Gasteiger partial charge in [-0.2, -0.15) is 0 Å².